The number of nitrogens with zero attached hydrogens (tertiary/aromatic N) is 1. The van der Waals surface area contributed by atoms with E-state index < -0.39 is 0 Å². The average molecular weight is 286 g/mol. The van der Waals surface area contributed by atoms with Gasteiger partial charge in [0.15, 0.2) is 0 Å². The zero-order chi connectivity index (χ0) is 15.2. The van der Waals surface area contributed by atoms with Gasteiger partial charge in [0.1, 0.15) is 5.75 Å². The van der Waals surface area contributed by atoms with E-state index in [0.717, 1.165) is 17.0 Å². The molecule has 4 nitrogen and oxygen atoms in total. The number of nitrogens with one attached hydrogen (secondary N) is 1. The summed E-state index contributed by atoms with van der Waals surface area (Å²) in [5.41, 5.74) is 2.10. The van der Waals surface area contributed by atoms with Gasteiger partial charge in [-0.15, -0.1) is 0 Å². The molecule has 0 unspecified atom stereocenters. The Hall–Kier alpha value is -2.23. The highest BCUT2D eigenvalue weighted by atomic mass is 16.5. The van der Waals surface area contributed by atoms with Crippen LogP contribution in [0.25, 0.3) is 0 Å². The second-order valence-electron chi connectivity index (χ2n) is 5.21. The van der Waals surface area contributed by atoms with Gasteiger partial charge in [-0.05, 0) is 44.5 Å². The predicted octanol–water partition coefficient (Wildman–Crippen LogP) is 3.27. The van der Waals surface area contributed by atoms with Crippen molar-refractivity contribution in [3.8, 4) is 5.75 Å². The molecule has 0 saturated carbocycles. The standard InChI is InChI=1S/C17H22N2O2/c1-4-19-12-15(8-9-17(19)20)18-11-14-6-5-7-16(10-14)21-13(2)3/h5-10,12-13,18H,4,11H2,1-3H3. The lowest BCUT2D eigenvalue weighted by Crippen LogP contribution is -2.17. The van der Waals surface area contributed by atoms with Gasteiger partial charge >= 0.3 is 0 Å². The van der Waals surface area contributed by atoms with Gasteiger partial charge in [0.25, 0.3) is 5.56 Å². The lowest BCUT2D eigenvalue weighted by molar-refractivity contribution is 0.242. The molecule has 0 saturated heterocycles. The number of aromatic nitrogens is 1. The lowest BCUT2D eigenvalue weighted by atomic mass is 10.2. The zero-order valence-electron chi connectivity index (χ0n) is 12.8. The van der Waals surface area contributed by atoms with Crippen molar-refractivity contribution in [2.75, 3.05) is 5.32 Å². The molecule has 0 bridgehead atoms. The number of rotatable bonds is 6. The summed E-state index contributed by atoms with van der Waals surface area (Å²) in [6.45, 7) is 7.35. The van der Waals surface area contributed by atoms with Gasteiger partial charge in [-0.3, -0.25) is 4.79 Å². The maximum Gasteiger partial charge on any atom is 0.250 e. The van der Waals surface area contributed by atoms with Crippen LogP contribution in [0.3, 0.4) is 0 Å². The highest BCUT2D eigenvalue weighted by Crippen LogP contribution is 2.16. The molecule has 0 aliphatic heterocycles. The van der Waals surface area contributed by atoms with E-state index in [4.69, 9.17) is 4.74 Å². The van der Waals surface area contributed by atoms with E-state index in [0.29, 0.717) is 13.1 Å². The number of hydrogen-bond donors (Lipinski definition) is 1. The van der Waals surface area contributed by atoms with Crippen LogP contribution < -0.4 is 15.6 Å². The fourth-order valence-electron chi connectivity index (χ4n) is 2.09. The van der Waals surface area contributed by atoms with Crippen LogP contribution >= 0.6 is 0 Å². The minimum Gasteiger partial charge on any atom is -0.491 e. The summed E-state index contributed by atoms with van der Waals surface area (Å²) < 4.78 is 7.37. The van der Waals surface area contributed by atoms with Crippen LogP contribution in [0.4, 0.5) is 5.69 Å². The van der Waals surface area contributed by atoms with Gasteiger partial charge in [-0.2, -0.15) is 0 Å². The van der Waals surface area contributed by atoms with Crippen molar-refractivity contribution in [1.29, 1.82) is 0 Å². The molecule has 1 aromatic heterocycles. The van der Waals surface area contributed by atoms with Crippen molar-refractivity contribution in [2.45, 2.75) is 40.0 Å². The average Bonchev–Trinajstić information content (AvgIpc) is 2.46. The molecule has 4 heteroatoms. The topological polar surface area (TPSA) is 43.3 Å². The van der Waals surface area contributed by atoms with Gasteiger partial charge in [0.2, 0.25) is 0 Å². The molecule has 0 atom stereocenters. The summed E-state index contributed by atoms with van der Waals surface area (Å²) in [6.07, 6.45) is 2.01. The van der Waals surface area contributed by atoms with E-state index in [2.05, 4.69) is 11.4 Å². The third-order valence-electron chi connectivity index (χ3n) is 3.09. The van der Waals surface area contributed by atoms with E-state index in [9.17, 15) is 4.79 Å². The SMILES string of the molecule is CCn1cc(NCc2cccc(OC(C)C)c2)ccc1=O. The monoisotopic (exact) mass is 286 g/mol. The fourth-order valence-corrected chi connectivity index (χ4v) is 2.09. The number of ether oxygens (including phenoxy) is 1. The first-order chi connectivity index (χ1) is 10.1. The van der Waals surface area contributed by atoms with Crippen LogP contribution in [0.1, 0.15) is 26.3 Å². The van der Waals surface area contributed by atoms with Gasteiger partial charge in [0, 0.05) is 25.4 Å². The molecule has 2 rings (SSSR count). The number of hydrogen-bond acceptors (Lipinski definition) is 3. The van der Waals surface area contributed by atoms with Crippen LogP contribution in [0.5, 0.6) is 5.75 Å². The second-order valence-corrected chi connectivity index (χ2v) is 5.21. The summed E-state index contributed by atoms with van der Waals surface area (Å²) in [5.74, 6) is 0.878. The molecule has 1 N–H and O–H groups in total. The fraction of sp³-hybridized carbons (Fsp3) is 0.353. The van der Waals surface area contributed by atoms with E-state index in [1.54, 1.807) is 10.6 Å². The Labute approximate surface area is 125 Å². The molecular formula is C17H22N2O2. The van der Waals surface area contributed by atoms with Crippen LogP contribution in [-0.4, -0.2) is 10.7 Å². The van der Waals surface area contributed by atoms with Crippen molar-refractivity contribution in [3.05, 3.63) is 58.5 Å². The second kappa shape index (κ2) is 6.97. The van der Waals surface area contributed by atoms with Crippen LogP contribution in [0, 0.1) is 0 Å². The molecule has 0 spiro atoms. The van der Waals surface area contributed by atoms with Crippen LogP contribution in [-0.2, 0) is 13.1 Å². The third kappa shape index (κ3) is 4.38. The predicted molar refractivity (Wildman–Crippen MR) is 85.9 cm³/mol. The summed E-state index contributed by atoms with van der Waals surface area (Å²) in [6, 6.07) is 11.4. The van der Waals surface area contributed by atoms with E-state index in [1.165, 1.54) is 0 Å². The first-order valence-corrected chi connectivity index (χ1v) is 7.28. The van der Waals surface area contributed by atoms with Crippen molar-refractivity contribution >= 4 is 5.69 Å². The Morgan fingerprint density at radius 1 is 1.24 bits per heavy atom. The molecule has 1 aromatic carbocycles. The molecule has 0 amide bonds. The number of aryl methyl sites for hydroxylation is 1. The van der Waals surface area contributed by atoms with E-state index >= 15 is 0 Å². The maximum absolute atomic E-state index is 11.5. The smallest absolute Gasteiger partial charge is 0.250 e. The normalized spacial score (nSPS) is 10.7. The van der Waals surface area contributed by atoms with Crippen molar-refractivity contribution in [2.24, 2.45) is 0 Å². The Balaban J connectivity index is 2.04. The first kappa shape index (κ1) is 15.2. The Morgan fingerprint density at radius 3 is 2.76 bits per heavy atom. The molecular weight excluding hydrogens is 264 g/mol. The molecule has 0 fully saturated rings. The summed E-state index contributed by atoms with van der Waals surface area (Å²) in [4.78, 5) is 11.5. The highest BCUT2D eigenvalue weighted by Gasteiger charge is 2.01. The summed E-state index contributed by atoms with van der Waals surface area (Å²) in [5, 5.41) is 3.33. The lowest BCUT2D eigenvalue weighted by Gasteiger charge is -2.12. The Bertz CT molecular complexity index is 647. The highest BCUT2D eigenvalue weighted by molar-refractivity contribution is 5.41. The molecule has 0 radical (unpaired) electrons. The van der Waals surface area contributed by atoms with Crippen molar-refractivity contribution < 1.29 is 4.74 Å². The van der Waals surface area contributed by atoms with E-state index in [-0.39, 0.29) is 11.7 Å². The van der Waals surface area contributed by atoms with E-state index in [1.807, 2.05) is 51.2 Å². The van der Waals surface area contributed by atoms with Crippen molar-refractivity contribution in [3.63, 3.8) is 0 Å². The van der Waals surface area contributed by atoms with Gasteiger partial charge in [0.05, 0.1) is 11.8 Å². The molecule has 0 aliphatic rings. The van der Waals surface area contributed by atoms with Gasteiger partial charge in [-0.1, -0.05) is 12.1 Å². The molecule has 21 heavy (non-hydrogen) atoms. The minimum absolute atomic E-state index is 0.0235. The minimum atomic E-state index is 0.0235. The first-order valence-electron chi connectivity index (χ1n) is 7.28. The van der Waals surface area contributed by atoms with Crippen LogP contribution in [0.15, 0.2) is 47.4 Å². The number of benzene rings is 1. The van der Waals surface area contributed by atoms with Crippen LogP contribution in [0.2, 0.25) is 0 Å². The maximum atomic E-state index is 11.5. The largest absolute Gasteiger partial charge is 0.491 e. The zero-order valence-corrected chi connectivity index (χ0v) is 12.8. The molecule has 2 aromatic rings. The Morgan fingerprint density at radius 2 is 2.05 bits per heavy atom. The quantitative estimate of drug-likeness (QED) is 0.886. The number of anilines is 1. The molecule has 0 aliphatic carbocycles. The molecule has 112 valence electrons. The van der Waals surface area contributed by atoms with Crippen molar-refractivity contribution in [1.82, 2.24) is 4.57 Å². The molecule has 1 heterocycles. The summed E-state index contributed by atoms with van der Waals surface area (Å²) >= 11 is 0. The summed E-state index contributed by atoms with van der Waals surface area (Å²) in [7, 11) is 0. The van der Waals surface area contributed by atoms with Gasteiger partial charge in [-0.25, -0.2) is 0 Å². The third-order valence-corrected chi connectivity index (χ3v) is 3.09. The number of pyridine rings is 1. The van der Waals surface area contributed by atoms with Gasteiger partial charge < -0.3 is 14.6 Å². The Kier molecular flexibility index (Phi) is 5.04.